The van der Waals surface area contributed by atoms with Crippen molar-refractivity contribution in [3.8, 4) is 0 Å². The number of halogens is 3. The smallest absolute Gasteiger partial charge is 0.394 e. The Labute approximate surface area is 132 Å². The lowest BCUT2D eigenvalue weighted by molar-refractivity contribution is -0.137. The van der Waals surface area contributed by atoms with Crippen LogP contribution in [-0.4, -0.2) is 23.8 Å². The second-order valence-corrected chi connectivity index (χ2v) is 6.42. The molecule has 1 unspecified atom stereocenters. The third-order valence-electron chi connectivity index (χ3n) is 4.85. The van der Waals surface area contributed by atoms with E-state index < -0.39 is 30.4 Å². The lowest BCUT2D eigenvalue weighted by atomic mass is 9.84. The van der Waals surface area contributed by atoms with Gasteiger partial charge in [0.15, 0.2) is 0 Å². The van der Waals surface area contributed by atoms with Gasteiger partial charge < -0.3 is 15.7 Å². The van der Waals surface area contributed by atoms with Gasteiger partial charge in [0, 0.05) is 6.04 Å². The van der Waals surface area contributed by atoms with Crippen molar-refractivity contribution in [3.05, 3.63) is 35.4 Å². The van der Waals surface area contributed by atoms with Gasteiger partial charge in [-0.25, -0.2) is 4.79 Å². The minimum Gasteiger partial charge on any atom is -0.394 e. The summed E-state index contributed by atoms with van der Waals surface area (Å²) in [6, 6.07) is 3.47. The molecule has 2 atom stereocenters. The molecule has 7 heteroatoms. The van der Waals surface area contributed by atoms with Crippen molar-refractivity contribution in [2.75, 3.05) is 6.61 Å². The van der Waals surface area contributed by atoms with Gasteiger partial charge in [-0.15, -0.1) is 0 Å². The van der Waals surface area contributed by atoms with Gasteiger partial charge in [-0.3, -0.25) is 0 Å². The average Bonchev–Trinajstić information content (AvgIpc) is 3.02. The van der Waals surface area contributed by atoms with E-state index in [9.17, 15) is 23.1 Å². The molecule has 4 rings (SSSR count). The Balaban J connectivity index is 1.64. The van der Waals surface area contributed by atoms with Crippen LogP contribution in [0.1, 0.15) is 36.4 Å². The molecule has 0 heterocycles. The maximum atomic E-state index is 12.8. The number of carbonyl (C=O) groups is 1. The van der Waals surface area contributed by atoms with Crippen LogP contribution in [0.15, 0.2) is 24.3 Å². The number of hydrogen-bond acceptors (Lipinski definition) is 2. The summed E-state index contributed by atoms with van der Waals surface area (Å²) in [5.41, 5.74) is -0.569. The van der Waals surface area contributed by atoms with Gasteiger partial charge in [-0.05, 0) is 48.8 Å². The van der Waals surface area contributed by atoms with E-state index in [-0.39, 0.29) is 11.6 Å². The molecule has 126 valence electrons. The summed E-state index contributed by atoms with van der Waals surface area (Å²) >= 11 is 0. The van der Waals surface area contributed by atoms with Crippen molar-refractivity contribution in [1.82, 2.24) is 10.6 Å². The van der Waals surface area contributed by atoms with E-state index in [1.54, 1.807) is 0 Å². The number of urea groups is 1. The molecule has 1 aromatic carbocycles. The van der Waals surface area contributed by atoms with Gasteiger partial charge in [0.1, 0.15) is 0 Å². The molecule has 0 aliphatic heterocycles. The normalized spacial score (nSPS) is 27.2. The standard InChI is InChI=1S/C16H19F3N2O2/c17-16(18,19)12-3-1-2-10(7-12)14(8-22)21-15(23)20-13-6-9-4-11(13)5-9/h1-3,7,9,11,13-14,22H,4-6,8H2,(H2,20,21,23)/t9?,11?,13?,14-/m0/s1. The summed E-state index contributed by atoms with van der Waals surface area (Å²) in [4.78, 5) is 12.0. The molecular formula is C16H19F3N2O2. The molecule has 2 bridgehead atoms. The third-order valence-corrected chi connectivity index (χ3v) is 4.85. The van der Waals surface area contributed by atoms with E-state index in [0.29, 0.717) is 11.8 Å². The van der Waals surface area contributed by atoms with E-state index in [0.717, 1.165) is 31.4 Å². The molecular weight excluding hydrogens is 309 g/mol. The summed E-state index contributed by atoms with van der Waals surface area (Å²) in [6.45, 7) is -0.467. The highest BCUT2D eigenvalue weighted by Gasteiger charge is 2.44. The number of amides is 2. The Kier molecular flexibility index (Phi) is 4.23. The van der Waals surface area contributed by atoms with Crippen molar-refractivity contribution in [1.29, 1.82) is 0 Å². The molecule has 3 aliphatic carbocycles. The first-order valence-corrected chi connectivity index (χ1v) is 7.72. The minimum absolute atomic E-state index is 0.140. The summed E-state index contributed by atoms with van der Waals surface area (Å²) in [5.74, 6) is 1.22. The van der Waals surface area contributed by atoms with Crippen LogP contribution in [0.2, 0.25) is 0 Å². The lowest BCUT2D eigenvalue weighted by Crippen LogP contribution is -2.45. The number of aliphatic hydroxyl groups is 1. The van der Waals surface area contributed by atoms with E-state index >= 15 is 0 Å². The van der Waals surface area contributed by atoms with Crippen LogP contribution in [-0.2, 0) is 6.18 Å². The molecule has 3 N–H and O–H groups in total. The first-order chi connectivity index (χ1) is 10.9. The lowest BCUT2D eigenvalue weighted by Gasteiger charge is -2.25. The first-order valence-electron chi connectivity index (χ1n) is 7.72. The number of benzene rings is 1. The van der Waals surface area contributed by atoms with Crippen LogP contribution in [0.4, 0.5) is 18.0 Å². The van der Waals surface area contributed by atoms with Gasteiger partial charge in [-0.1, -0.05) is 12.1 Å². The predicted molar refractivity (Wildman–Crippen MR) is 77.6 cm³/mol. The Bertz CT molecular complexity index is 585. The Hall–Kier alpha value is -1.76. The van der Waals surface area contributed by atoms with E-state index in [2.05, 4.69) is 10.6 Å². The molecule has 23 heavy (non-hydrogen) atoms. The fraction of sp³-hybridized carbons (Fsp3) is 0.562. The van der Waals surface area contributed by atoms with Gasteiger partial charge in [-0.2, -0.15) is 13.2 Å². The molecule has 0 saturated heterocycles. The molecule has 3 fully saturated rings. The molecule has 2 amide bonds. The number of hydrogen-bond donors (Lipinski definition) is 3. The number of carbonyl (C=O) groups excluding carboxylic acids is 1. The number of rotatable bonds is 4. The molecule has 0 spiro atoms. The topological polar surface area (TPSA) is 61.4 Å². The number of aliphatic hydroxyl groups excluding tert-OH is 1. The molecule has 3 aliphatic rings. The minimum atomic E-state index is -4.46. The fourth-order valence-corrected chi connectivity index (χ4v) is 3.57. The number of nitrogens with one attached hydrogen (secondary N) is 2. The quantitative estimate of drug-likeness (QED) is 0.796. The Morgan fingerprint density at radius 2 is 2.04 bits per heavy atom. The SMILES string of the molecule is O=C(NC1CC2CC1C2)N[C@@H](CO)c1cccc(C(F)(F)F)c1. The molecule has 0 aromatic heterocycles. The third kappa shape index (κ3) is 3.44. The van der Waals surface area contributed by atoms with Crippen LogP contribution < -0.4 is 10.6 Å². The van der Waals surface area contributed by atoms with Crippen LogP contribution in [0.5, 0.6) is 0 Å². The first kappa shape index (κ1) is 16.1. The zero-order valence-electron chi connectivity index (χ0n) is 12.4. The monoisotopic (exact) mass is 328 g/mol. The molecule has 0 radical (unpaired) electrons. The zero-order valence-corrected chi connectivity index (χ0v) is 12.4. The Morgan fingerprint density at radius 3 is 2.61 bits per heavy atom. The fourth-order valence-electron chi connectivity index (χ4n) is 3.57. The average molecular weight is 328 g/mol. The predicted octanol–water partition coefficient (Wildman–Crippen LogP) is 2.84. The van der Waals surface area contributed by atoms with Crippen LogP contribution in [0, 0.1) is 11.8 Å². The van der Waals surface area contributed by atoms with Crippen molar-refractivity contribution in [2.45, 2.75) is 37.5 Å². The summed E-state index contributed by atoms with van der Waals surface area (Å²) in [7, 11) is 0. The van der Waals surface area contributed by atoms with E-state index in [1.165, 1.54) is 12.1 Å². The number of fused-ring (bicyclic) bond motifs is 1. The highest BCUT2D eigenvalue weighted by Crippen LogP contribution is 2.48. The van der Waals surface area contributed by atoms with E-state index in [4.69, 9.17) is 0 Å². The van der Waals surface area contributed by atoms with Crippen molar-refractivity contribution >= 4 is 6.03 Å². The molecule has 1 aromatic rings. The van der Waals surface area contributed by atoms with Gasteiger partial charge in [0.05, 0.1) is 18.2 Å². The Morgan fingerprint density at radius 1 is 1.30 bits per heavy atom. The van der Waals surface area contributed by atoms with Crippen LogP contribution in [0.3, 0.4) is 0 Å². The number of alkyl halides is 3. The highest BCUT2D eigenvalue weighted by atomic mass is 19.4. The largest absolute Gasteiger partial charge is 0.416 e. The molecule has 3 saturated carbocycles. The van der Waals surface area contributed by atoms with E-state index in [1.807, 2.05) is 0 Å². The summed E-state index contributed by atoms with van der Waals surface area (Å²) in [6.07, 6.45) is -1.21. The van der Waals surface area contributed by atoms with Gasteiger partial charge in [0.25, 0.3) is 0 Å². The van der Waals surface area contributed by atoms with Gasteiger partial charge in [0.2, 0.25) is 0 Å². The van der Waals surface area contributed by atoms with Crippen molar-refractivity contribution in [2.24, 2.45) is 11.8 Å². The maximum Gasteiger partial charge on any atom is 0.416 e. The maximum absolute atomic E-state index is 12.8. The second kappa shape index (κ2) is 6.03. The zero-order chi connectivity index (χ0) is 16.6. The summed E-state index contributed by atoms with van der Waals surface area (Å²) < 4.78 is 38.3. The van der Waals surface area contributed by atoms with Crippen LogP contribution >= 0.6 is 0 Å². The summed E-state index contributed by atoms with van der Waals surface area (Å²) in [5, 5.41) is 14.8. The second-order valence-electron chi connectivity index (χ2n) is 6.42. The molecule has 4 nitrogen and oxygen atoms in total. The van der Waals surface area contributed by atoms with Crippen molar-refractivity contribution < 1.29 is 23.1 Å². The van der Waals surface area contributed by atoms with Crippen molar-refractivity contribution in [3.63, 3.8) is 0 Å². The highest BCUT2D eigenvalue weighted by molar-refractivity contribution is 5.75. The van der Waals surface area contributed by atoms with Gasteiger partial charge >= 0.3 is 12.2 Å². The van der Waals surface area contributed by atoms with Crippen LogP contribution in [0.25, 0.3) is 0 Å².